The molecule has 1 atom stereocenters. The molecule has 7 heteroatoms. The van der Waals surface area contributed by atoms with Crippen molar-refractivity contribution in [2.24, 2.45) is 0 Å². The third-order valence-electron chi connectivity index (χ3n) is 5.01. The van der Waals surface area contributed by atoms with Crippen LogP contribution >= 0.6 is 11.3 Å². The number of nitrogens with zero attached hydrogens (tertiary/aromatic N) is 2. The van der Waals surface area contributed by atoms with Crippen molar-refractivity contribution in [2.45, 2.75) is 25.4 Å². The summed E-state index contributed by atoms with van der Waals surface area (Å²) in [7, 11) is 5.23. The Balaban J connectivity index is 2.00. The second-order valence-electron chi connectivity index (χ2n) is 7.05. The fraction of sp³-hybridized carbons (Fsp3) is 0.333. The summed E-state index contributed by atoms with van der Waals surface area (Å²) in [5, 5.41) is 11.1. The number of thiazole rings is 1. The molecule has 0 spiro atoms. The number of aromatic nitrogens is 1. The maximum Gasteiger partial charge on any atom is 0.338 e. The number of aliphatic hydroxyl groups excluding tert-OH is 1. The smallest absolute Gasteiger partial charge is 0.338 e. The molecule has 0 saturated heterocycles. The highest BCUT2D eigenvalue weighted by molar-refractivity contribution is 7.15. The highest BCUT2D eigenvalue weighted by atomic mass is 32.1. The molecule has 1 N–H and O–H groups in total. The number of benzene rings is 1. The van der Waals surface area contributed by atoms with E-state index < -0.39 is 12.1 Å². The van der Waals surface area contributed by atoms with Gasteiger partial charge in [0.1, 0.15) is 5.01 Å². The lowest BCUT2D eigenvalue weighted by Gasteiger charge is -2.18. The van der Waals surface area contributed by atoms with Crippen molar-refractivity contribution in [3.8, 4) is 21.7 Å². The number of rotatable bonds is 4. The van der Waals surface area contributed by atoms with Gasteiger partial charge in [0.2, 0.25) is 0 Å². The number of hydrogen-bond acceptors (Lipinski definition) is 7. The Kier molecular flexibility index (Phi) is 4.95. The Morgan fingerprint density at radius 2 is 2.21 bits per heavy atom. The minimum atomic E-state index is -0.491. The third-order valence-corrected chi connectivity index (χ3v) is 6.23. The average Bonchev–Trinajstić information content (AvgIpc) is 3.36. The molecule has 0 radical (unpaired) electrons. The first kappa shape index (κ1) is 18.7. The van der Waals surface area contributed by atoms with Crippen molar-refractivity contribution in [2.75, 3.05) is 26.1 Å². The standard InChI is InChI=1S/C21H22N2O4S/c1-23(2)13-9-14(12-7-8-27-11-12)18(15(10-13)21(25)26-3)20-22-16-5-4-6-17(24)19(16)28-20/h7-11,17,24H,4-6H2,1-3H3. The lowest BCUT2D eigenvalue weighted by molar-refractivity contribution is 0.0601. The number of carbonyl (C=O) groups excluding carboxylic acids is 1. The number of furan rings is 1. The number of anilines is 1. The molecule has 1 aromatic carbocycles. The highest BCUT2D eigenvalue weighted by Gasteiger charge is 2.28. The van der Waals surface area contributed by atoms with E-state index in [-0.39, 0.29) is 0 Å². The second-order valence-corrected chi connectivity index (χ2v) is 8.08. The van der Waals surface area contributed by atoms with Gasteiger partial charge in [-0.1, -0.05) is 0 Å². The molecular formula is C21H22N2O4S. The molecule has 1 unspecified atom stereocenters. The van der Waals surface area contributed by atoms with Crippen LogP contribution in [-0.2, 0) is 11.2 Å². The van der Waals surface area contributed by atoms with Crippen molar-refractivity contribution in [3.63, 3.8) is 0 Å². The first-order chi connectivity index (χ1) is 13.5. The number of aryl methyl sites for hydroxylation is 1. The SMILES string of the molecule is COC(=O)c1cc(N(C)C)cc(-c2ccoc2)c1-c1nc2c(s1)C(O)CCC2. The van der Waals surface area contributed by atoms with Gasteiger partial charge in [-0.15, -0.1) is 11.3 Å². The summed E-state index contributed by atoms with van der Waals surface area (Å²) in [6, 6.07) is 5.70. The van der Waals surface area contributed by atoms with E-state index in [1.807, 2.05) is 37.2 Å². The van der Waals surface area contributed by atoms with Gasteiger partial charge in [0.15, 0.2) is 0 Å². The van der Waals surface area contributed by atoms with Crippen molar-refractivity contribution in [3.05, 3.63) is 46.9 Å². The number of carbonyl (C=O) groups is 1. The molecule has 3 aromatic rings. The number of hydrogen-bond donors (Lipinski definition) is 1. The molecule has 28 heavy (non-hydrogen) atoms. The largest absolute Gasteiger partial charge is 0.472 e. The maximum atomic E-state index is 12.7. The van der Waals surface area contributed by atoms with Crippen LogP contribution in [0.3, 0.4) is 0 Å². The Bertz CT molecular complexity index is 1010. The average molecular weight is 398 g/mol. The molecular weight excluding hydrogens is 376 g/mol. The van der Waals surface area contributed by atoms with E-state index in [1.165, 1.54) is 18.4 Å². The van der Waals surface area contributed by atoms with Gasteiger partial charge in [-0.3, -0.25) is 0 Å². The van der Waals surface area contributed by atoms with Gasteiger partial charge >= 0.3 is 5.97 Å². The summed E-state index contributed by atoms with van der Waals surface area (Å²) < 4.78 is 10.4. The normalized spacial score (nSPS) is 15.9. The first-order valence-electron chi connectivity index (χ1n) is 9.14. The predicted octanol–water partition coefficient (Wildman–Crippen LogP) is 4.29. The third kappa shape index (κ3) is 3.21. The van der Waals surface area contributed by atoms with Crippen molar-refractivity contribution >= 4 is 23.0 Å². The molecule has 146 valence electrons. The molecule has 0 fully saturated rings. The second kappa shape index (κ2) is 7.41. The van der Waals surface area contributed by atoms with E-state index in [0.717, 1.165) is 46.6 Å². The van der Waals surface area contributed by atoms with Crippen molar-refractivity contribution in [1.82, 2.24) is 4.98 Å². The minimum Gasteiger partial charge on any atom is -0.472 e. The van der Waals surface area contributed by atoms with Gasteiger partial charge < -0.3 is 19.2 Å². The van der Waals surface area contributed by atoms with Gasteiger partial charge in [-0.05, 0) is 43.0 Å². The van der Waals surface area contributed by atoms with E-state index in [4.69, 9.17) is 14.1 Å². The van der Waals surface area contributed by atoms with E-state index in [2.05, 4.69) is 0 Å². The van der Waals surface area contributed by atoms with Gasteiger partial charge in [-0.25, -0.2) is 9.78 Å². The molecule has 0 aliphatic heterocycles. The quantitative estimate of drug-likeness (QED) is 0.661. The van der Waals surface area contributed by atoms with Gasteiger partial charge in [0.25, 0.3) is 0 Å². The zero-order chi connectivity index (χ0) is 19.8. The van der Waals surface area contributed by atoms with Gasteiger partial charge in [-0.2, -0.15) is 0 Å². The lowest BCUT2D eigenvalue weighted by Crippen LogP contribution is -2.12. The molecule has 0 bridgehead atoms. The maximum absolute atomic E-state index is 12.7. The number of esters is 1. The van der Waals surface area contributed by atoms with Crippen LogP contribution in [-0.4, -0.2) is 37.3 Å². The molecule has 6 nitrogen and oxygen atoms in total. The van der Waals surface area contributed by atoms with Crippen molar-refractivity contribution in [1.29, 1.82) is 0 Å². The predicted molar refractivity (Wildman–Crippen MR) is 109 cm³/mol. The summed E-state index contributed by atoms with van der Waals surface area (Å²) in [5.41, 5.74) is 4.67. The molecule has 2 aromatic heterocycles. The Morgan fingerprint density at radius 1 is 1.39 bits per heavy atom. The molecule has 0 amide bonds. The first-order valence-corrected chi connectivity index (χ1v) is 9.95. The van der Waals surface area contributed by atoms with Crippen LogP contribution < -0.4 is 4.90 Å². The van der Waals surface area contributed by atoms with Crippen molar-refractivity contribution < 1.29 is 19.1 Å². The summed E-state index contributed by atoms with van der Waals surface area (Å²) in [6.07, 6.45) is 5.27. The molecule has 0 saturated carbocycles. The number of aliphatic hydroxyl groups is 1. The topological polar surface area (TPSA) is 75.8 Å². The number of ether oxygens (including phenoxy) is 1. The molecule has 2 heterocycles. The zero-order valence-corrected chi connectivity index (χ0v) is 16.9. The molecule has 1 aliphatic carbocycles. The van der Waals surface area contributed by atoms with E-state index in [0.29, 0.717) is 16.1 Å². The van der Waals surface area contributed by atoms with E-state index in [9.17, 15) is 9.90 Å². The fourth-order valence-corrected chi connectivity index (χ4v) is 4.74. The molecule has 1 aliphatic rings. The molecule has 4 rings (SSSR count). The van der Waals surface area contributed by atoms with Crippen LogP contribution in [0.5, 0.6) is 0 Å². The van der Waals surface area contributed by atoms with Crippen LogP contribution in [0.1, 0.15) is 39.9 Å². The van der Waals surface area contributed by atoms with Crippen LogP contribution in [0.4, 0.5) is 5.69 Å². The van der Waals surface area contributed by atoms with Crippen LogP contribution in [0.15, 0.2) is 35.1 Å². The summed E-state index contributed by atoms with van der Waals surface area (Å²) in [5.74, 6) is -0.419. The highest BCUT2D eigenvalue weighted by Crippen LogP contribution is 2.44. The monoisotopic (exact) mass is 398 g/mol. The summed E-state index contributed by atoms with van der Waals surface area (Å²) in [6.45, 7) is 0. The summed E-state index contributed by atoms with van der Waals surface area (Å²) >= 11 is 1.45. The Hall–Kier alpha value is -2.64. The van der Waals surface area contributed by atoms with E-state index in [1.54, 1.807) is 12.5 Å². The Labute approximate surface area is 167 Å². The Morgan fingerprint density at radius 3 is 2.86 bits per heavy atom. The van der Waals surface area contributed by atoms with Crippen LogP contribution in [0, 0.1) is 0 Å². The number of methoxy groups -OCH3 is 1. The minimum absolute atomic E-state index is 0.419. The van der Waals surface area contributed by atoms with Crippen LogP contribution in [0.2, 0.25) is 0 Å². The lowest BCUT2D eigenvalue weighted by atomic mass is 9.95. The summed E-state index contributed by atoms with van der Waals surface area (Å²) in [4.78, 5) is 20.3. The van der Waals surface area contributed by atoms with Crippen LogP contribution in [0.25, 0.3) is 21.7 Å². The zero-order valence-electron chi connectivity index (χ0n) is 16.1. The number of fused-ring (bicyclic) bond motifs is 1. The van der Waals surface area contributed by atoms with Gasteiger partial charge in [0, 0.05) is 30.9 Å². The van der Waals surface area contributed by atoms with Gasteiger partial charge in [0.05, 0.1) is 41.9 Å². The van der Waals surface area contributed by atoms with E-state index >= 15 is 0 Å². The fourth-order valence-electron chi connectivity index (χ4n) is 3.54.